The van der Waals surface area contributed by atoms with Gasteiger partial charge in [0.25, 0.3) is 0 Å². The third kappa shape index (κ3) is 7.86. The minimum absolute atomic E-state index is 0.554. The van der Waals surface area contributed by atoms with Crippen LogP contribution in [0.15, 0.2) is 61.4 Å². The van der Waals surface area contributed by atoms with E-state index in [0.29, 0.717) is 45.3 Å². The van der Waals surface area contributed by atoms with Gasteiger partial charge in [-0.1, -0.05) is 60.0 Å². The summed E-state index contributed by atoms with van der Waals surface area (Å²) in [6, 6.07) is 7.61. The Kier molecular flexibility index (Phi) is 10.4. The maximum absolute atomic E-state index is 6.66. The molecule has 0 radical (unpaired) electrons. The maximum Gasteiger partial charge on any atom is 0.211 e. The van der Waals surface area contributed by atoms with Crippen LogP contribution in [-0.2, 0) is 14.1 Å². The molecule has 2 N–H and O–H groups in total. The van der Waals surface area contributed by atoms with Gasteiger partial charge in [0.2, 0.25) is 10.3 Å². The monoisotopic (exact) mass is 818 g/mol. The van der Waals surface area contributed by atoms with Gasteiger partial charge in [-0.2, -0.15) is 10.2 Å². The summed E-state index contributed by atoms with van der Waals surface area (Å²) in [5.41, 5.74) is 6.36. The predicted octanol–water partition coefficient (Wildman–Crippen LogP) is 9.23. The van der Waals surface area contributed by atoms with Crippen molar-refractivity contribution in [1.29, 1.82) is 0 Å². The van der Waals surface area contributed by atoms with Crippen molar-refractivity contribution in [3.8, 4) is 28.0 Å². The molecule has 10 rings (SSSR count). The Morgan fingerprint density at radius 3 is 1.65 bits per heavy atom. The Morgan fingerprint density at radius 1 is 0.649 bits per heavy atom. The van der Waals surface area contributed by atoms with Gasteiger partial charge in [-0.25, -0.2) is 9.97 Å². The average Bonchev–Trinajstić information content (AvgIpc) is 4.08. The van der Waals surface area contributed by atoms with Crippen LogP contribution in [0.1, 0.15) is 73.2 Å². The number of rotatable bonds is 9. The molecule has 8 aromatic heterocycles. The first kappa shape index (κ1) is 37.0. The van der Waals surface area contributed by atoms with Crippen molar-refractivity contribution in [2.24, 2.45) is 14.1 Å². The summed E-state index contributed by atoms with van der Waals surface area (Å²) in [5, 5.41) is 36.6. The van der Waals surface area contributed by atoms with E-state index in [9.17, 15) is 0 Å². The lowest BCUT2D eigenvalue weighted by Crippen LogP contribution is -1.97. The number of pyridine rings is 4. The van der Waals surface area contributed by atoms with Crippen LogP contribution in [0.5, 0.6) is 5.75 Å². The normalized spacial score (nSPS) is 14.7. The third-order valence-electron chi connectivity index (χ3n) is 10.3. The van der Waals surface area contributed by atoms with E-state index >= 15 is 0 Å². The number of ether oxygens (including phenoxy) is 1. The van der Waals surface area contributed by atoms with Crippen LogP contribution in [0.25, 0.3) is 44.3 Å². The number of halogens is 1. The molecule has 0 amide bonds. The Morgan fingerprint density at radius 2 is 1.14 bits per heavy atom. The van der Waals surface area contributed by atoms with Gasteiger partial charge in [0.1, 0.15) is 32.7 Å². The largest absolute Gasteiger partial charge is 0.494 e. The smallest absolute Gasteiger partial charge is 0.211 e. The summed E-state index contributed by atoms with van der Waals surface area (Å²) in [5.74, 6) is 3.15. The number of aromatic nitrogens is 12. The fraction of sp³-hybridized carbons (Fsp3) is 0.333. The molecule has 0 aromatic carbocycles. The standard InChI is InChI=1S/C20H21N7OS.C19H18ClN7S/c1-27-11-13(9-22-27)14-10-21-15-7-8-16(23-17(15)18(14)28-2)24-20-26-25-19(29-20)12-5-3-4-6-12;1-27-10-12(8-22-27)13-9-21-14-6-7-15(23-17(14)16(13)20)24-19-26-25-18(28-19)11-4-2-3-5-11/h7-12H,3-6H2,1-2H3,(H,23,24,26);6-11H,2-5H2,1H3,(H,23,24,26). The van der Waals surface area contributed by atoms with Crippen LogP contribution in [0.3, 0.4) is 0 Å². The van der Waals surface area contributed by atoms with E-state index in [1.54, 1.807) is 63.9 Å². The minimum atomic E-state index is 0.554. The van der Waals surface area contributed by atoms with Crippen LogP contribution in [0, 0.1) is 0 Å². The molecule has 57 heavy (non-hydrogen) atoms. The number of methoxy groups -OCH3 is 1. The van der Waals surface area contributed by atoms with E-state index < -0.39 is 0 Å². The Bertz CT molecular complexity index is 2680. The maximum atomic E-state index is 6.66. The highest BCUT2D eigenvalue weighted by Crippen LogP contribution is 2.40. The summed E-state index contributed by atoms with van der Waals surface area (Å²) in [6.45, 7) is 0. The molecule has 15 nitrogen and oxygen atoms in total. The van der Waals surface area contributed by atoms with Gasteiger partial charge >= 0.3 is 0 Å². The highest BCUT2D eigenvalue weighted by atomic mass is 35.5. The quantitative estimate of drug-likeness (QED) is 0.141. The molecule has 0 atom stereocenters. The van der Waals surface area contributed by atoms with E-state index in [2.05, 4.69) is 56.2 Å². The molecule has 8 aromatic rings. The first-order valence-corrected chi connectivity index (χ1v) is 20.9. The number of aryl methyl sites for hydroxylation is 2. The molecule has 0 bridgehead atoms. The van der Waals surface area contributed by atoms with Crippen molar-refractivity contribution in [2.75, 3.05) is 17.7 Å². The first-order valence-electron chi connectivity index (χ1n) is 18.9. The van der Waals surface area contributed by atoms with Gasteiger partial charge < -0.3 is 15.4 Å². The predicted molar refractivity (Wildman–Crippen MR) is 224 cm³/mol. The van der Waals surface area contributed by atoms with Crippen LogP contribution in [0.4, 0.5) is 21.9 Å². The molecular weight excluding hydrogens is 780 g/mol. The van der Waals surface area contributed by atoms with Gasteiger partial charge in [0.15, 0.2) is 5.75 Å². The van der Waals surface area contributed by atoms with Crippen molar-refractivity contribution in [3.63, 3.8) is 0 Å². The van der Waals surface area contributed by atoms with Crippen molar-refractivity contribution in [2.45, 2.75) is 63.2 Å². The van der Waals surface area contributed by atoms with Crippen molar-refractivity contribution in [1.82, 2.24) is 59.9 Å². The minimum Gasteiger partial charge on any atom is -0.494 e. The fourth-order valence-corrected chi connectivity index (χ4v) is 9.55. The SMILES string of the molecule is COc1c(-c2cnn(C)c2)cnc2ccc(Nc3nnc(C4CCCC4)s3)nc12.Cn1cc(-c2cnc3ccc(Nc4nnc(C5CCCC5)s4)nc3c2Cl)cn1. The topological polar surface area (TPSA) is 172 Å². The van der Waals surface area contributed by atoms with Crippen LogP contribution in [0.2, 0.25) is 5.02 Å². The van der Waals surface area contributed by atoms with Crippen LogP contribution >= 0.6 is 34.3 Å². The number of nitrogens with zero attached hydrogens (tertiary/aromatic N) is 12. The number of nitrogens with one attached hydrogen (secondary N) is 2. The highest BCUT2D eigenvalue weighted by Gasteiger charge is 2.23. The highest BCUT2D eigenvalue weighted by molar-refractivity contribution is 7.15. The second kappa shape index (κ2) is 16.1. The lowest BCUT2D eigenvalue weighted by Gasteiger charge is -2.10. The van der Waals surface area contributed by atoms with E-state index in [1.165, 1.54) is 51.4 Å². The van der Waals surface area contributed by atoms with E-state index in [0.717, 1.165) is 53.6 Å². The Balaban J connectivity index is 0.000000148. The summed E-state index contributed by atoms with van der Waals surface area (Å²) in [7, 11) is 5.40. The fourth-order valence-electron chi connectivity index (χ4n) is 7.42. The Labute approximate surface area is 341 Å². The molecule has 0 spiro atoms. The lowest BCUT2D eigenvalue weighted by molar-refractivity contribution is 0.420. The summed E-state index contributed by atoms with van der Waals surface area (Å²) in [4.78, 5) is 18.5. The average molecular weight is 819 g/mol. The number of hydrogen-bond donors (Lipinski definition) is 2. The second-order valence-electron chi connectivity index (χ2n) is 14.2. The molecule has 2 saturated carbocycles. The summed E-state index contributed by atoms with van der Waals surface area (Å²) < 4.78 is 9.19. The molecule has 2 fully saturated rings. The molecule has 0 saturated heterocycles. The zero-order valence-corrected chi connectivity index (χ0v) is 33.9. The van der Waals surface area contributed by atoms with Gasteiger partial charge in [0, 0.05) is 73.0 Å². The molecule has 2 aliphatic carbocycles. The van der Waals surface area contributed by atoms with Crippen LogP contribution in [-0.4, -0.2) is 67.0 Å². The number of anilines is 4. The van der Waals surface area contributed by atoms with E-state index in [-0.39, 0.29) is 0 Å². The van der Waals surface area contributed by atoms with Gasteiger partial charge in [-0.05, 0) is 49.9 Å². The van der Waals surface area contributed by atoms with E-state index in [4.69, 9.17) is 21.3 Å². The molecule has 290 valence electrons. The van der Waals surface area contributed by atoms with Gasteiger partial charge in [-0.3, -0.25) is 19.3 Å². The third-order valence-corrected chi connectivity index (χ3v) is 12.7. The Hall–Kier alpha value is -5.65. The van der Waals surface area contributed by atoms with Gasteiger partial charge in [-0.15, -0.1) is 20.4 Å². The summed E-state index contributed by atoms with van der Waals surface area (Å²) >= 11 is 9.87. The first-order chi connectivity index (χ1) is 27.9. The second-order valence-corrected chi connectivity index (χ2v) is 16.6. The van der Waals surface area contributed by atoms with Crippen molar-refractivity contribution >= 4 is 78.2 Å². The molecule has 18 heteroatoms. The molecule has 0 aliphatic heterocycles. The van der Waals surface area contributed by atoms with Gasteiger partial charge in [0.05, 0.1) is 35.6 Å². The number of hydrogen-bond acceptors (Lipinski definition) is 15. The molecule has 0 unspecified atom stereocenters. The number of fused-ring (bicyclic) bond motifs is 2. The zero-order chi connectivity index (χ0) is 38.9. The van der Waals surface area contributed by atoms with Crippen molar-refractivity contribution < 1.29 is 4.74 Å². The van der Waals surface area contributed by atoms with Crippen molar-refractivity contribution in [3.05, 3.63) is 76.5 Å². The zero-order valence-electron chi connectivity index (χ0n) is 31.6. The summed E-state index contributed by atoms with van der Waals surface area (Å²) in [6.07, 6.45) is 20.9. The molecule has 8 heterocycles. The molecular formula is C39H39ClN14OS2. The lowest BCUT2D eigenvalue weighted by atomic mass is 10.1. The van der Waals surface area contributed by atoms with E-state index in [1.807, 2.05) is 50.8 Å². The molecule has 2 aliphatic rings. The van der Waals surface area contributed by atoms with Crippen LogP contribution < -0.4 is 15.4 Å².